The Hall–Kier alpha value is -0.0800. The molecule has 0 aromatic heterocycles. The summed E-state index contributed by atoms with van der Waals surface area (Å²) in [7, 11) is 0. The van der Waals surface area contributed by atoms with E-state index < -0.39 is 0 Å². The average Bonchev–Trinajstić information content (AvgIpc) is 2.01. The molecule has 0 aromatic carbocycles. The van der Waals surface area contributed by atoms with Gasteiger partial charge in [0.25, 0.3) is 0 Å². The lowest BCUT2D eigenvalue weighted by Gasteiger charge is -2.38. The SMILES string of the molecule is CC(C)CN(CC(C)(C)C(C)N)C(C)C. The van der Waals surface area contributed by atoms with Crippen molar-refractivity contribution in [3.05, 3.63) is 0 Å². The molecule has 2 N–H and O–H groups in total. The fourth-order valence-electron chi connectivity index (χ4n) is 1.59. The molecule has 0 radical (unpaired) electrons. The summed E-state index contributed by atoms with van der Waals surface area (Å²) in [5.41, 5.74) is 6.22. The zero-order valence-corrected chi connectivity index (χ0v) is 11.7. The maximum absolute atomic E-state index is 6.02. The van der Waals surface area contributed by atoms with E-state index in [4.69, 9.17) is 5.73 Å². The van der Waals surface area contributed by atoms with Crippen molar-refractivity contribution in [3.63, 3.8) is 0 Å². The zero-order valence-electron chi connectivity index (χ0n) is 11.7. The number of nitrogens with two attached hydrogens (primary N) is 1. The topological polar surface area (TPSA) is 29.3 Å². The fourth-order valence-corrected chi connectivity index (χ4v) is 1.59. The van der Waals surface area contributed by atoms with Gasteiger partial charge in [-0.25, -0.2) is 0 Å². The van der Waals surface area contributed by atoms with Crippen molar-refractivity contribution in [2.45, 2.75) is 60.5 Å². The minimum atomic E-state index is 0.194. The molecule has 15 heavy (non-hydrogen) atoms. The van der Waals surface area contributed by atoms with Crippen LogP contribution in [0.15, 0.2) is 0 Å². The van der Waals surface area contributed by atoms with E-state index in [0.717, 1.165) is 19.0 Å². The molecule has 0 amide bonds. The first-order valence-electron chi connectivity index (χ1n) is 6.16. The molecular weight excluding hydrogens is 184 g/mol. The molecule has 0 saturated heterocycles. The minimum absolute atomic E-state index is 0.194. The van der Waals surface area contributed by atoms with Gasteiger partial charge in [-0.15, -0.1) is 0 Å². The minimum Gasteiger partial charge on any atom is -0.327 e. The highest BCUT2D eigenvalue weighted by Crippen LogP contribution is 2.22. The van der Waals surface area contributed by atoms with Gasteiger partial charge in [0, 0.05) is 25.2 Å². The van der Waals surface area contributed by atoms with Gasteiger partial charge in [0.2, 0.25) is 0 Å². The van der Waals surface area contributed by atoms with Gasteiger partial charge in [0.05, 0.1) is 0 Å². The molecular formula is C13H30N2. The van der Waals surface area contributed by atoms with Gasteiger partial charge >= 0.3 is 0 Å². The molecule has 0 aliphatic carbocycles. The lowest BCUT2D eigenvalue weighted by Crippen LogP contribution is -2.47. The zero-order chi connectivity index (χ0) is 12.2. The van der Waals surface area contributed by atoms with Crippen LogP contribution in [0, 0.1) is 11.3 Å². The highest BCUT2D eigenvalue weighted by molar-refractivity contribution is 4.82. The quantitative estimate of drug-likeness (QED) is 0.736. The summed E-state index contributed by atoms with van der Waals surface area (Å²) in [6.45, 7) is 17.9. The summed E-state index contributed by atoms with van der Waals surface area (Å²) in [4.78, 5) is 2.54. The number of hydrogen-bond acceptors (Lipinski definition) is 2. The van der Waals surface area contributed by atoms with E-state index in [-0.39, 0.29) is 11.5 Å². The van der Waals surface area contributed by atoms with Crippen molar-refractivity contribution < 1.29 is 0 Å². The Morgan fingerprint density at radius 3 is 1.80 bits per heavy atom. The third-order valence-electron chi connectivity index (χ3n) is 3.17. The van der Waals surface area contributed by atoms with E-state index in [9.17, 15) is 0 Å². The van der Waals surface area contributed by atoms with E-state index in [2.05, 4.69) is 53.4 Å². The highest BCUT2D eigenvalue weighted by atomic mass is 15.2. The summed E-state index contributed by atoms with van der Waals surface area (Å²) in [5, 5.41) is 0. The molecule has 2 heteroatoms. The van der Waals surface area contributed by atoms with Crippen molar-refractivity contribution in [1.82, 2.24) is 4.90 Å². The maximum Gasteiger partial charge on any atom is 0.00739 e. The molecule has 0 spiro atoms. The monoisotopic (exact) mass is 214 g/mol. The molecule has 0 aromatic rings. The van der Waals surface area contributed by atoms with Crippen LogP contribution >= 0.6 is 0 Å². The first-order valence-corrected chi connectivity index (χ1v) is 6.16. The Morgan fingerprint density at radius 2 is 1.53 bits per heavy atom. The summed E-state index contributed by atoms with van der Waals surface area (Å²) < 4.78 is 0. The lowest BCUT2D eigenvalue weighted by atomic mass is 9.85. The smallest absolute Gasteiger partial charge is 0.00739 e. The Kier molecular flexibility index (Phi) is 5.82. The Bertz CT molecular complexity index is 171. The maximum atomic E-state index is 6.02. The van der Waals surface area contributed by atoms with Gasteiger partial charge in [0.15, 0.2) is 0 Å². The summed E-state index contributed by atoms with van der Waals surface area (Å²) in [5.74, 6) is 0.719. The van der Waals surface area contributed by atoms with Gasteiger partial charge in [-0.3, -0.25) is 0 Å². The van der Waals surface area contributed by atoms with Crippen LogP contribution in [0.2, 0.25) is 0 Å². The average molecular weight is 214 g/mol. The molecule has 0 aliphatic heterocycles. The van der Waals surface area contributed by atoms with Crippen molar-refractivity contribution >= 4 is 0 Å². The third kappa shape index (κ3) is 5.53. The van der Waals surface area contributed by atoms with E-state index in [0.29, 0.717) is 6.04 Å². The summed E-state index contributed by atoms with van der Waals surface area (Å²) in [6.07, 6.45) is 0. The normalized spacial score (nSPS) is 15.4. The molecule has 0 saturated carbocycles. The van der Waals surface area contributed by atoms with Crippen molar-refractivity contribution in [2.24, 2.45) is 17.1 Å². The summed E-state index contributed by atoms with van der Waals surface area (Å²) in [6, 6.07) is 0.844. The summed E-state index contributed by atoms with van der Waals surface area (Å²) >= 11 is 0. The first-order chi connectivity index (χ1) is 6.66. The van der Waals surface area contributed by atoms with Crippen LogP contribution in [-0.2, 0) is 0 Å². The second-order valence-corrected chi connectivity index (χ2v) is 6.19. The fraction of sp³-hybridized carbons (Fsp3) is 1.00. The van der Waals surface area contributed by atoms with E-state index in [1.807, 2.05) is 0 Å². The van der Waals surface area contributed by atoms with E-state index in [1.54, 1.807) is 0 Å². The number of hydrogen-bond donors (Lipinski definition) is 1. The molecule has 1 atom stereocenters. The molecule has 92 valence electrons. The predicted octanol–water partition coefficient (Wildman–Crippen LogP) is 2.73. The van der Waals surface area contributed by atoms with Crippen LogP contribution < -0.4 is 5.73 Å². The van der Waals surface area contributed by atoms with Crippen LogP contribution in [0.1, 0.15) is 48.5 Å². The van der Waals surface area contributed by atoms with Crippen molar-refractivity contribution in [3.8, 4) is 0 Å². The molecule has 0 rings (SSSR count). The van der Waals surface area contributed by atoms with Gasteiger partial charge in [-0.2, -0.15) is 0 Å². The van der Waals surface area contributed by atoms with Gasteiger partial charge in [-0.1, -0.05) is 27.7 Å². The Balaban J connectivity index is 4.40. The van der Waals surface area contributed by atoms with Crippen LogP contribution in [0.4, 0.5) is 0 Å². The molecule has 0 heterocycles. The number of rotatable bonds is 6. The lowest BCUT2D eigenvalue weighted by molar-refractivity contribution is 0.116. The first kappa shape index (κ1) is 14.9. The standard InChI is InChI=1S/C13H30N2/c1-10(2)8-15(11(3)4)9-13(6,7)12(5)14/h10-12H,8-9,14H2,1-7H3. The van der Waals surface area contributed by atoms with Crippen molar-refractivity contribution in [1.29, 1.82) is 0 Å². The third-order valence-corrected chi connectivity index (χ3v) is 3.17. The van der Waals surface area contributed by atoms with Crippen molar-refractivity contribution in [2.75, 3.05) is 13.1 Å². The molecule has 0 fully saturated rings. The molecule has 0 bridgehead atoms. The van der Waals surface area contributed by atoms with Crippen LogP contribution in [0.3, 0.4) is 0 Å². The van der Waals surface area contributed by atoms with Gasteiger partial charge < -0.3 is 10.6 Å². The molecule has 2 nitrogen and oxygen atoms in total. The van der Waals surface area contributed by atoms with E-state index >= 15 is 0 Å². The van der Waals surface area contributed by atoms with Crippen LogP contribution in [-0.4, -0.2) is 30.1 Å². The predicted molar refractivity (Wildman–Crippen MR) is 69.0 cm³/mol. The second-order valence-electron chi connectivity index (χ2n) is 6.19. The van der Waals surface area contributed by atoms with E-state index in [1.165, 1.54) is 0 Å². The van der Waals surface area contributed by atoms with Crippen LogP contribution in [0.5, 0.6) is 0 Å². The van der Waals surface area contributed by atoms with Gasteiger partial charge in [-0.05, 0) is 32.1 Å². The molecule has 1 unspecified atom stereocenters. The largest absolute Gasteiger partial charge is 0.327 e. The number of nitrogens with zero attached hydrogens (tertiary/aromatic N) is 1. The Morgan fingerprint density at radius 1 is 1.07 bits per heavy atom. The highest BCUT2D eigenvalue weighted by Gasteiger charge is 2.27. The second kappa shape index (κ2) is 5.86. The molecule has 0 aliphatic rings. The van der Waals surface area contributed by atoms with Gasteiger partial charge in [0.1, 0.15) is 0 Å². The Labute approximate surface area is 96.2 Å². The van der Waals surface area contributed by atoms with Crippen LogP contribution in [0.25, 0.3) is 0 Å².